The lowest BCUT2D eigenvalue weighted by Gasteiger charge is -1.67. The van der Waals surface area contributed by atoms with E-state index < -0.39 is 0 Å². The van der Waals surface area contributed by atoms with E-state index in [0.29, 0.717) is 8.46 Å². The molecule has 2 radical (unpaired) electrons. The van der Waals surface area contributed by atoms with Crippen molar-refractivity contribution in [1.29, 1.82) is 0 Å². The lowest BCUT2D eigenvalue weighted by atomic mass is 10.8. The molecule has 1 aliphatic rings. The van der Waals surface area contributed by atoms with E-state index in [1.165, 1.54) is 4.65 Å². The zero-order chi connectivity index (χ0) is 3.70. The van der Waals surface area contributed by atoms with E-state index in [4.69, 9.17) is 7.57 Å². The van der Waals surface area contributed by atoms with Gasteiger partial charge in [-0.3, -0.25) is 0 Å². The highest BCUT2D eigenvalue weighted by Gasteiger charge is 2.01. The van der Waals surface area contributed by atoms with E-state index in [1.807, 2.05) is 0 Å². The van der Waals surface area contributed by atoms with Crippen LogP contribution >= 0.6 is 20.2 Å². The monoisotopic (exact) mass is 100.0 g/mol. The third-order valence-corrected chi connectivity index (χ3v) is 2.19. The molecule has 0 bridgehead atoms. The van der Waals surface area contributed by atoms with Crippen molar-refractivity contribution < 1.29 is 0 Å². The van der Waals surface area contributed by atoms with Crippen LogP contribution in [0.25, 0.3) is 0 Å². The first-order valence-corrected chi connectivity index (χ1v) is 3.22. The summed E-state index contributed by atoms with van der Waals surface area (Å²) in [6, 6.07) is 0. The second kappa shape index (κ2) is 1.36. The first-order valence-electron chi connectivity index (χ1n) is 1.27. The summed E-state index contributed by atoms with van der Waals surface area (Å²) in [5.74, 6) is 0. The largest absolute Gasteiger partial charge is 0.133 e. The van der Waals surface area contributed by atoms with Crippen LogP contribution in [0, 0.1) is 0 Å². The van der Waals surface area contributed by atoms with Gasteiger partial charge in [0.05, 0.1) is 0 Å². The Labute approximate surface area is 38.6 Å². The minimum absolute atomic E-state index is 0.549. The third kappa shape index (κ3) is 0.982. The summed E-state index contributed by atoms with van der Waals surface area (Å²) in [4.78, 5) is 0. The zero-order valence-corrected chi connectivity index (χ0v) is 4.38. The van der Waals surface area contributed by atoms with Crippen LogP contribution in [0.4, 0.5) is 0 Å². The Balaban J connectivity index is 2.22. The summed E-state index contributed by atoms with van der Waals surface area (Å²) in [6.07, 6.45) is 0. The van der Waals surface area contributed by atoms with Gasteiger partial charge >= 0.3 is 0 Å². The third-order valence-electron chi connectivity index (χ3n) is 0.378. The summed E-state index contributed by atoms with van der Waals surface area (Å²) in [6.45, 7) is 0. The van der Waals surface area contributed by atoms with Crippen molar-refractivity contribution in [2.75, 3.05) is 0 Å². The van der Waals surface area contributed by atoms with Gasteiger partial charge in [0.2, 0.25) is 0 Å². The Kier molecular flexibility index (Phi) is 1.02. The van der Waals surface area contributed by atoms with Gasteiger partial charge in [-0.1, -0.05) is 11.8 Å². The van der Waals surface area contributed by atoms with Crippen molar-refractivity contribution in [1.82, 2.24) is 0 Å². The molecular formula is C2H2BPS. The highest BCUT2D eigenvalue weighted by atomic mass is 32.2. The minimum atomic E-state index is 0.549. The number of rotatable bonds is 1. The molecule has 0 fully saturated rings. The highest BCUT2D eigenvalue weighted by molar-refractivity contribution is 8.19. The van der Waals surface area contributed by atoms with Crippen LogP contribution in [-0.2, 0) is 0 Å². The van der Waals surface area contributed by atoms with E-state index >= 15 is 0 Å². The van der Waals surface area contributed by atoms with Gasteiger partial charge in [-0.2, -0.15) is 0 Å². The summed E-state index contributed by atoms with van der Waals surface area (Å²) < 4.78 is 1.35. The summed E-state index contributed by atoms with van der Waals surface area (Å²) in [5, 5.41) is 2.07. The van der Waals surface area contributed by atoms with Crippen LogP contribution in [0.1, 0.15) is 0 Å². The van der Waals surface area contributed by atoms with Gasteiger partial charge < -0.3 is 0 Å². The van der Waals surface area contributed by atoms with Crippen molar-refractivity contribution in [3.05, 3.63) is 10.1 Å². The molecular weight excluding hydrogens is 97.9 g/mol. The Morgan fingerprint density at radius 1 is 2.00 bits per heavy atom. The molecule has 0 aromatic heterocycles. The van der Waals surface area contributed by atoms with E-state index in [2.05, 4.69) is 5.41 Å². The zero-order valence-electron chi connectivity index (χ0n) is 2.56. The van der Waals surface area contributed by atoms with Crippen molar-refractivity contribution >= 4 is 27.8 Å². The summed E-state index contributed by atoms with van der Waals surface area (Å²) >= 11 is 1.75. The van der Waals surface area contributed by atoms with Crippen molar-refractivity contribution in [2.24, 2.45) is 0 Å². The molecule has 24 valence electrons. The smallest absolute Gasteiger partial charge is 0.111 e. The van der Waals surface area contributed by atoms with Crippen molar-refractivity contribution in [2.45, 2.75) is 0 Å². The predicted octanol–water partition coefficient (Wildman–Crippen LogP) is 1.29. The molecule has 0 nitrogen and oxygen atoms in total. The number of hydrogen-bond acceptors (Lipinski definition) is 1. The average molecular weight is 99.9 g/mol. The Morgan fingerprint density at radius 3 is 2.60 bits per heavy atom. The van der Waals surface area contributed by atoms with Crippen LogP contribution in [0.5, 0.6) is 0 Å². The molecule has 0 N–H and O–H groups in total. The molecule has 0 spiro atoms. The van der Waals surface area contributed by atoms with Crippen molar-refractivity contribution in [3.63, 3.8) is 0 Å². The fourth-order valence-corrected chi connectivity index (χ4v) is 0.878. The van der Waals surface area contributed by atoms with E-state index in [1.54, 1.807) is 11.8 Å². The van der Waals surface area contributed by atoms with E-state index in [0.717, 1.165) is 0 Å². The van der Waals surface area contributed by atoms with E-state index in [-0.39, 0.29) is 0 Å². The van der Waals surface area contributed by atoms with Crippen LogP contribution in [-0.4, -0.2) is 7.57 Å². The maximum absolute atomic E-state index is 5.17. The van der Waals surface area contributed by atoms with E-state index in [9.17, 15) is 0 Å². The number of hydrogen-bond donors (Lipinski definition) is 0. The Bertz CT molecular complexity index is 70.0. The second-order valence-corrected chi connectivity index (χ2v) is 2.85. The van der Waals surface area contributed by atoms with Gasteiger partial charge in [-0.15, -0.1) is 8.46 Å². The van der Waals surface area contributed by atoms with Crippen LogP contribution in [0.3, 0.4) is 0 Å². The van der Waals surface area contributed by atoms with Gasteiger partial charge in [-0.25, -0.2) is 0 Å². The molecule has 1 unspecified atom stereocenters. The van der Waals surface area contributed by atoms with Gasteiger partial charge in [0, 0.05) is 4.65 Å². The highest BCUT2D eigenvalue weighted by Crippen LogP contribution is 2.45. The first kappa shape index (κ1) is 3.76. The lowest BCUT2D eigenvalue weighted by molar-refractivity contribution is 2.66. The van der Waals surface area contributed by atoms with Crippen LogP contribution in [0.15, 0.2) is 10.1 Å². The molecule has 5 heavy (non-hydrogen) atoms. The molecule has 1 rings (SSSR count). The average Bonchev–Trinajstić information content (AvgIpc) is 2.12. The topological polar surface area (TPSA) is 0 Å². The quantitative estimate of drug-likeness (QED) is 0.353. The Hall–Kier alpha value is 0.585. The molecule has 1 atom stereocenters. The lowest BCUT2D eigenvalue weighted by Crippen LogP contribution is -1.31. The van der Waals surface area contributed by atoms with Crippen molar-refractivity contribution in [3.8, 4) is 0 Å². The molecule has 3 heteroatoms. The molecule has 1 aliphatic heterocycles. The standard InChI is InChI=1S/C2H2BPS/c3-4-2-1-5-2/h1,4H. The second-order valence-electron chi connectivity index (χ2n) is 0.744. The molecule has 1 heterocycles. The molecule has 0 saturated carbocycles. The maximum atomic E-state index is 5.17. The molecule has 0 saturated heterocycles. The first-order chi connectivity index (χ1) is 2.43. The van der Waals surface area contributed by atoms with Gasteiger partial charge in [-0.05, 0) is 5.41 Å². The minimum Gasteiger partial charge on any atom is -0.133 e. The van der Waals surface area contributed by atoms with Crippen LogP contribution < -0.4 is 0 Å². The van der Waals surface area contributed by atoms with Crippen LogP contribution in [0.2, 0.25) is 0 Å². The fraction of sp³-hybridized carbons (Fsp3) is 0. The predicted molar refractivity (Wildman–Crippen MR) is 29.7 cm³/mol. The summed E-state index contributed by atoms with van der Waals surface area (Å²) in [7, 11) is 5.72. The Morgan fingerprint density at radius 2 is 2.60 bits per heavy atom. The fourth-order valence-electron chi connectivity index (χ4n) is 0.0975. The molecule has 0 aromatic carbocycles. The SMILES string of the molecule is [B]PC1=CS1. The number of thioether (sulfide) groups is 1. The molecule has 0 aromatic rings. The molecule has 0 amide bonds. The normalized spacial score (nSPS) is 20.4. The maximum Gasteiger partial charge on any atom is 0.111 e. The van der Waals surface area contributed by atoms with Gasteiger partial charge in [0.25, 0.3) is 0 Å². The van der Waals surface area contributed by atoms with Gasteiger partial charge in [0.15, 0.2) is 0 Å². The van der Waals surface area contributed by atoms with Gasteiger partial charge in [0.1, 0.15) is 7.57 Å². The molecule has 0 aliphatic carbocycles. The summed E-state index contributed by atoms with van der Waals surface area (Å²) in [5.41, 5.74) is 0.